The Balaban J connectivity index is 2.39. The summed E-state index contributed by atoms with van der Waals surface area (Å²) in [7, 11) is 0. The number of carbonyl (C=O) groups is 1. The van der Waals surface area contributed by atoms with Gasteiger partial charge in [-0.15, -0.1) is 11.8 Å². The first-order valence-corrected chi connectivity index (χ1v) is 6.59. The van der Waals surface area contributed by atoms with Gasteiger partial charge in [0.25, 0.3) is 0 Å². The van der Waals surface area contributed by atoms with Gasteiger partial charge < -0.3 is 9.84 Å². The lowest BCUT2D eigenvalue weighted by atomic mass is 10.2. The van der Waals surface area contributed by atoms with E-state index in [2.05, 4.69) is 6.92 Å². The molecule has 1 aliphatic rings. The van der Waals surface area contributed by atoms with Gasteiger partial charge >= 0.3 is 5.97 Å². The summed E-state index contributed by atoms with van der Waals surface area (Å²) in [5.41, 5.74) is 0. The third-order valence-corrected chi connectivity index (χ3v) is 4.48. The Bertz CT molecular complexity index is 208. The molecule has 3 atom stereocenters. The molecule has 1 N–H and O–H groups in total. The first kappa shape index (κ1) is 12.8. The Morgan fingerprint density at radius 3 is 2.87 bits per heavy atom. The van der Waals surface area contributed by atoms with E-state index >= 15 is 0 Å². The van der Waals surface area contributed by atoms with Crippen LogP contribution in [0.4, 0.5) is 0 Å². The van der Waals surface area contributed by atoms with Crippen LogP contribution in [0.5, 0.6) is 0 Å². The minimum Gasteiger partial charge on any atom is -0.480 e. The molecule has 4 heteroatoms. The van der Waals surface area contributed by atoms with Crippen molar-refractivity contribution in [2.24, 2.45) is 0 Å². The molecule has 3 unspecified atom stereocenters. The molecule has 15 heavy (non-hydrogen) atoms. The summed E-state index contributed by atoms with van der Waals surface area (Å²) < 4.78 is 5.44. The number of hydrogen-bond acceptors (Lipinski definition) is 3. The van der Waals surface area contributed by atoms with Crippen molar-refractivity contribution in [3.05, 3.63) is 0 Å². The highest BCUT2D eigenvalue weighted by Gasteiger charge is 2.30. The molecule has 0 radical (unpaired) electrons. The zero-order valence-electron chi connectivity index (χ0n) is 9.44. The van der Waals surface area contributed by atoms with Gasteiger partial charge in [-0.3, -0.25) is 4.79 Å². The molecular weight excluding hydrogens is 212 g/mol. The van der Waals surface area contributed by atoms with Gasteiger partial charge in [0, 0.05) is 11.9 Å². The maximum absolute atomic E-state index is 11.0. The van der Waals surface area contributed by atoms with Crippen molar-refractivity contribution in [3.8, 4) is 0 Å². The van der Waals surface area contributed by atoms with Gasteiger partial charge in [-0.1, -0.05) is 19.8 Å². The molecule has 0 aromatic rings. The minimum atomic E-state index is -0.674. The van der Waals surface area contributed by atoms with Crippen LogP contribution >= 0.6 is 11.8 Å². The van der Waals surface area contributed by atoms with Gasteiger partial charge in [-0.05, 0) is 19.8 Å². The van der Waals surface area contributed by atoms with Crippen LogP contribution < -0.4 is 0 Å². The summed E-state index contributed by atoms with van der Waals surface area (Å²) in [4.78, 5) is 11.0. The molecule has 1 saturated heterocycles. The third-order valence-electron chi connectivity index (χ3n) is 2.74. The number of ether oxygens (including phenoxy) is 1. The zero-order valence-corrected chi connectivity index (χ0v) is 10.3. The first-order chi connectivity index (χ1) is 7.15. The molecule has 0 aromatic heterocycles. The highest BCUT2D eigenvalue weighted by Crippen LogP contribution is 2.31. The highest BCUT2D eigenvalue weighted by molar-refractivity contribution is 8.01. The molecule has 88 valence electrons. The fourth-order valence-electron chi connectivity index (χ4n) is 1.74. The van der Waals surface area contributed by atoms with Crippen LogP contribution in [0.3, 0.4) is 0 Å². The maximum atomic E-state index is 11.0. The molecule has 0 aromatic carbocycles. The van der Waals surface area contributed by atoms with Gasteiger partial charge in [0.2, 0.25) is 0 Å². The lowest BCUT2D eigenvalue weighted by Gasteiger charge is -2.18. The van der Waals surface area contributed by atoms with E-state index in [0.29, 0.717) is 5.25 Å². The second-order valence-electron chi connectivity index (χ2n) is 4.01. The molecule has 0 amide bonds. The Hall–Kier alpha value is -0.220. The van der Waals surface area contributed by atoms with E-state index in [9.17, 15) is 4.79 Å². The number of aliphatic carboxylic acids is 1. The van der Waals surface area contributed by atoms with Crippen LogP contribution in [0.25, 0.3) is 0 Å². The quantitative estimate of drug-likeness (QED) is 0.764. The largest absolute Gasteiger partial charge is 0.480 e. The molecule has 1 heterocycles. The van der Waals surface area contributed by atoms with Gasteiger partial charge in [-0.2, -0.15) is 0 Å². The molecule has 1 rings (SSSR count). The molecular formula is C11H20O3S. The molecule has 0 aliphatic carbocycles. The van der Waals surface area contributed by atoms with Gasteiger partial charge in [0.05, 0.1) is 6.10 Å². The zero-order chi connectivity index (χ0) is 11.3. The lowest BCUT2D eigenvalue weighted by Crippen LogP contribution is -2.23. The second kappa shape index (κ2) is 6.38. The summed E-state index contributed by atoms with van der Waals surface area (Å²) in [5, 5.41) is 9.20. The molecule has 0 bridgehead atoms. The molecule has 3 nitrogen and oxygen atoms in total. The van der Waals surface area contributed by atoms with Crippen molar-refractivity contribution in [1.29, 1.82) is 0 Å². The number of carboxylic acids is 1. The second-order valence-corrected chi connectivity index (χ2v) is 5.45. The lowest BCUT2D eigenvalue weighted by molar-refractivity contribution is -0.136. The van der Waals surface area contributed by atoms with Crippen molar-refractivity contribution in [2.75, 3.05) is 6.61 Å². The predicted octanol–water partition coefficient (Wildman–Crippen LogP) is 2.54. The first-order valence-electron chi connectivity index (χ1n) is 5.65. The van der Waals surface area contributed by atoms with E-state index in [-0.39, 0.29) is 11.4 Å². The number of hydrogen-bond donors (Lipinski definition) is 1. The Labute approximate surface area is 95.6 Å². The van der Waals surface area contributed by atoms with E-state index in [4.69, 9.17) is 9.84 Å². The van der Waals surface area contributed by atoms with Gasteiger partial charge in [-0.25, -0.2) is 0 Å². The number of unbranched alkanes of at least 4 members (excludes halogenated alkanes) is 1. The summed E-state index contributed by atoms with van der Waals surface area (Å²) in [6.07, 6.45) is 4.02. The van der Waals surface area contributed by atoms with Crippen molar-refractivity contribution >= 4 is 17.7 Å². The smallest absolute Gasteiger partial charge is 0.316 e. The standard InChI is InChI=1S/C11H20O3S/c1-3-4-5-10(11(12)13)15-9-6-7-14-8(9)2/h8-10H,3-7H2,1-2H3,(H,12,13). The van der Waals surface area contributed by atoms with Crippen molar-refractivity contribution in [1.82, 2.24) is 0 Å². The van der Waals surface area contributed by atoms with Gasteiger partial charge in [0.1, 0.15) is 5.25 Å². The average molecular weight is 232 g/mol. The number of thioether (sulfide) groups is 1. The third kappa shape index (κ3) is 4.03. The Kier molecular flexibility index (Phi) is 5.47. The summed E-state index contributed by atoms with van der Waals surface area (Å²) in [6.45, 7) is 4.90. The summed E-state index contributed by atoms with van der Waals surface area (Å²) in [5.74, 6) is -0.674. The van der Waals surface area contributed by atoms with Crippen LogP contribution in [-0.4, -0.2) is 34.3 Å². The molecule has 1 aliphatic heterocycles. The van der Waals surface area contributed by atoms with E-state index < -0.39 is 5.97 Å². The van der Waals surface area contributed by atoms with Crippen molar-refractivity contribution in [2.45, 2.75) is 56.1 Å². The number of rotatable bonds is 6. The average Bonchev–Trinajstić information content (AvgIpc) is 2.58. The van der Waals surface area contributed by atoms with Crippen molar-refractivity contribution in [3.63, 3.8) is 0 Å². The fourth-order valence-corrected chi connectivity index (χ4v) is 3.11. The van der Waals surface area contributed by atoms with E-state index in [1.54, 1.807) is 11.8 Å². The van der Waals surface area contributed by atoms with Crippen LogP contribution in [0.15, 0.2) is 0 Å². The molecule has 0 saturated carbocycles. The minimum absolute atomic E-state index is 0.207. The van der Waals surface area contributed by atoms with E-state index in [0.717, 1.165) is 32.3 Å². The maximum Gasteiger partial charge on any atom is 0.316 e. The highest BCUT2D eigenvalue weighted by atomic mass is 32.2. The van der Waals surface area contributed by atoms with Crippen molar-refractivity contribution < 1.29 is 14.6 Å². The van der Waals surface area contributed by atoms with Crippen LogP contribution in [0.2, 0.25) is 0 Å². The number of carboxylic acid groups (broad SMARTS) is 1. The normalized spacial score (nSPS) is 27.9. The predicted molar refractivity (Wildman–Crippen MR) is 62.4 cm³/mol. The monoisotopic (exact) mass is 232 g/mol. The van der Waals surface area contributed by atoms with Crippen LogP contribution in [-0.2, 0) is 9.53 Å². The van der Waals surface area contributed by atoms with Crippen LogP contribution in [0, 0.1) is 0 Å². The van der Waals surface area contributed by atoms with Crippen LogP contribution in [0.1, 0.15) is 39.5 Å². The Morgan fingerprint density at radius 2 is 2.40 bits per heavy atom. The summed E-state index contributed by atoms with van der Waals surface area (Å²) >= 11 is 1.58. The SMILES string of the molecule is CCCCC(SC1CCOC1C)C(=O)O. The Morgan fingerprint density at radius 1 is 1.67 bits per heavy atom. The molecule has 1 fully saturated rings. The summed E-state index contributed by atoms with van der Waals surface area (Å²) in [6, 6.07) is 0. The topological polar surface area (TPSA) is 46.5 Å². The van der Waals surface area contributed by atoms with E-state index in [1.807, 2.05) is 6.92 Å². The fraction of sp³-hybridized carbons (Fsp3) is 0.909. The molecule has 0 spiro atoms. The van der Waals surface area contributed by atoms with E-state index in [1.165, 1.54) is 0 Å². The van der Waals surface area contributed by atoms with Gasteiger partial charge in [0.15, 0.2) is 0 Å².